The summed E-state index contributed by atoms with van der Waals surface area (Å²) in [6.07, 6.45) is 0.548. The summed E-state index contributed by atoms with van der Waals surface area (Å²) >= 11 is 0. The lowest BCUT2D eigenvalue weighted by molar-refractivity contribution is 0.415. The van der Waals surface area contributed by atoms with E-state index in [-0.39, 0.29) is 4.90 Å². The van der Waals surface area contributed by atoms with Crippen LogP contribution < -0.4 is 14.8 Å². The standard InChI is InChI=1S/C22H24N2O3S/c1-27-19-13-14-22(21(17-19)18-9-4-2-5-10-18)24(16-8-15-23)28(25,26)20-11-6-3-7-12-20/h2-7,9-14,17H,8,15-16,23H2,1H3. The third-order valence-corrected chi connectivity index (χ3v) is 6.28. The maximum Gasteiger partial charge on any atom is 0.264 e. The summed E-state index contributed by atoms with van der Waals surface area (Å²) in [4.78, 5) is 0.252. The van der Waals surface area contributed by atoms with Crippen LogP contribution in [0.3, 0.4) is 0 Å². The van der Waals surface area contributed by atoms with Gasteiger partial charge in [0.25, 0.3) is 10.0 Å². The van der Waals surface area contributed by atoms with Crippen LogP contribution in [0.1, 0.15) is 6.42 Å². The van der Waals surface area contributed by atoms with Gasteiger partial charge in [-0.1, -0.05) is 48.5 Å². The molecule has 0 saturated carbocycles. The highest BCUT2D eigenvalue weighted by Gasteiger charge is 2.27. The molecule has 3 rings (SSSR count). The predicted molar refractivity (Wildman–Crippen MR) is 113 cm³/mol. The zero-order chi connectivity index (χ0) is 20.0. The molecular formula is C22H24N2O3S. The summed E-state index contributed by atoms with van der Waals surface area (Å²) in [5.41, 5.74) is 7.99. The van der Waals surface area contributed by atoms with Gasteiger partial charge in [0, 0.05) is 12.1 Å². The third kappa shape index (κ3) is 4.18. The number of hydrogen-bond acceptors (Lipinski definition) is 4. The van der Waals surface area contributed by atoms with E-state index >= 15 is 0 Å². The molecule has 0 radical (unpaired) electrons. The van der Waals surface area contributed by atoms with E-state index in [1.807, 2.05) is 36.4 Å². The van der Waals surface area contributed by atoms with Crippen LogP contribution in [-0.4, -0.2) is 28.6 Å². The second-order valence-electron chi connectivity index (χ2n) is 6.28. The maximum atomic E-state index is 13.4. The van der Waals surface area contributed by atoms with Crippen molar-refractivity contribution in [2.24, 2.45) is 5.73 Å². The molecule has 3 aromatic carbocycles. The summed E-state index contributed by atoms with van der Waals surface area (Å²) < 4.78 is 33.7. The molecule has 28 heavy (non-hydrogen) atoms. The van der Waals surface area contributed by atoms with Crippen LogP contribution in [0.5, 0.6) is 5.75 Å². The first-order valence-electron chi connectivity index (χ1n) is 9.09. The van der Waals surface area contributed by atoms with Gasteiger partial charge in [0.2, 0.25) is 0 Å². The van der Waals surface area contributed by atoms with Gasteiger partial charge in [-0.05, 0) is 48.9 Å². The Morgan fingerprint density at radius 1 is 0.929 bits per heavy atom. The number of ether oxygens (including phenoxy) is 1. The Morgan fingerprint density at radius 2 is 1.57 bits per heavy atom. The van der Waals surface area contributed by atoms with Crippen molar-refractivity contribution in [3.05, 3.63) is 78.9 Å². The number of sulfonamides is 1. The molecule has 0 bridgehead atoms. The lowest BCUT2D eigenvalue weighted by Crippen LogP contribution is -2.33. The average molecular weight is 397 g/mol. The number of nitrogens with two attached hydrogens (primary N) is 1. The fraction of sp³-hybridized carbons (Fsp3) is 0.182. The number of anilines is 1. The van der Waals surface area contributed by atoms with Gasteiger partial charge in [0.1, 0.15) is 5.75 Å². The first kappa shape index (κ1) is 19.9. The third-order valence-electron chi connectivity index (χ3n) is 4.45. The maximum absolute atomic E-state index is 13.4. The Kier molecular flexibility index (Phi) is 6.34. The molecule has 0 heterocycles. The van der Waals surface area contributed by atoms with Crippen LogP contribution in [0.15, 0.2) is 83.8 Å². The molecule has 0 aliphatic rings. The number of hydrogen-bond donors (Lipinski definition) is 1. The van der Waals surface area contributed by atoms with E-state index < -0.39 is 10.0 Å². The minimum atomic E-state index is -3.74. The summed E-state index contributed by atoms with van der Waals surface area (Å²) in [6, 6.07) is 23.6. The highest BCUT2D eigenvalue weighted by Crippen LogP contribution is 2.36. The second kappa shape index (κ2) is 8.91. The smallest absolute Gasteiger partial charge is 0.264 e. The van der Waals surface area contributed by atoms with Crippen molar-refractivity contribution in [3.8, 4) is 16.9 Å². The average Bonchev–Trinajstić information content (AvgIpc) is 2.75. The molecule has 6 heteroatoms. The van der Waals surface area contributed by atoms with E-state index in [4.69, 9.17) is 10.5 Å². The Morgan fingerprint density at radius 3 is 2.18 bits per heavy atom. The first-order chi connectivity index (χ1) is 13.6. The minimum Gasteiger partial charge on any atom is -0.497 e. The molecule has 146 valence electrons. The molecule has 0 atom stereocenters. The fourth-order valence-corrected chi connectivity index (χ4v) is 4.58. The van der Waals surface area contributed by atoms with Crippen LogP contribution in [0, 0.1) is 0 Å². The summed E-state index contributed by atoms with van der Waals surface area (Å²) in [6.45, 7) is 0.692. The second-order valence-corrected chi connectivity index (χ2v) is 8.14. The number of benzene rings is 3. The summed E-state index contributed by atoms with van der Waals surface area (Å²) in [5, 5.41) is 0. The van der Waals surface area contributed by atoms with Crippen LogP contribution in [0.2, 0.25) is 0 Å². The molecule has 5 nitrogen and oxygen atoms in total. The van der Waals surface area contributed by atoms with Crippen LogP contribution in [-0.2, 0) is 10.0 Å². The van der Waals surface area contributed by atoms with Crippen molar-refractivity contribution in [1.82, 2.24) is 0 Å². The van der Waals surface area contributed by atoms with Crippen molar-refractivity contribution >= 4 is 15.7 Å². The van der Waals surface area contributed by atoms with Gasteiger partial charge < -0.3 is 10.5 Å². The summed E-state index contributed by atoms with van der Waals surface area (Å²) in [5.74, 6) is 0.665. The first-order valence-corrected chi connectivity index (χ1v) is 10.5. The molecular weight excluding hydrogens is 372 g/mol. The van der Waals surface area contributed by atoms with E-state index in [1.165, 1.54) is 4.31 Å². The molecule has 0 aliphatic carbocycles. The Bertz CT molecular complexity index is 1010. The highest BCUT2D eigenvalue weighted by atomic mass is 32.2. The Balaban J connectivity index is 2.18. The van der Waals surface area contributed by atoms with Crippen molar-refractivity contribution in [2.45, 2.75) is 11.3 Å². The van der Waals surface area contributed by atoms with Gasteiger partial charge >= 0.3 is 0 Å². The molecule has 0 aliphatic heterocycles. The topological polar surface area (TPSA) is 72.6 Å². The van der Waals surface area contributed by atoms with Crippen molar-refractivity contribution < 1.29 is 13.2 Å². The molecule has 0 amide bonds. The molecule has 0 saturated heterocycles. The van der Waals surface area contributed by atoms with Crippen molar-refractivity contribution in [1.29, 1.82) is 0 Å². The van der Waals surface area contributed by atoms with E-state index in [2.05, 4.69) is 0 Å². The van der Waals surface area contributed by atoms with Crippen LogP contribution in [0.25, 0.3) is 11.1 Å². The fourth-order valence-electron chi connectivity index (χ4n) is 3.03. The van der Waals surface area contributed by atoms with Gasteiger partial charge in [-0.2, -0.15) is 0 Å². The van der Waals surface area contributed by atoms with Gasteiger partial charge in [-0.15, -0.1) is 0 Å². The quantitative estimate of drug-likeness (QED) is 0.627. The molecule has 0 fully saturated rings. The Labute approximate surface area is 166 Å². The predicted octanol–water partition coefficient (Wildman–Crippen LogP) is 3.91. The largest absolute Gasteiger partial charge is 0.497 e. The Hall–Kier alpha value is -2.83. The molecule has 0 unspecified atom stereocenters. The molecule has 3 aromatic rings. The molecule has 0 spiro atoms. The van der Waals surface area contributed by atoms with Gasteiger partial charge in [-0.25, -0.2) is 8.42 Å². The lowest BCUT2D eigenvalue weighted by Gasteiger charge is -2.27. The molecule has 0 aromatic heterocycles. The van der Waals surface area contributed by atoms with Gasteiger partial charge in [-0.3, -0.25) is 4.31 Å². The normalized spacial score (nSPS) is 11.2. The zero-order valence-electron chi connectivity index (χ0n) is 15.8. The van der Waals surface area contributed by atoms with E-state index in [9.17, 15) is 8.42 Å². The van der Waals surface area contributed by atoms with E-state index in [0.717, 1.165) is 11.1 Å². The van der Waals surface area contributed by atoms with E-state index in [1.54, 1.807) is 49.6 Å². The van der Waals surface area contributed by atoms with Crippen molar-refractivity contribution in [3.63, 3.8) is 0 Å². The highest BCUT2D eigenvalue weighted by molar-refractivity contribution is 7.92. The summed E-state index contributed by atoms with van der Waals surface area (Å²) in [7, 11) is -2.15. The van der Waals surface area contributed by atoms with Crippen molar-refractivity contribution in [2.75, 3.05) is 24.5 Å². The minimum absolute atomic E-state index is 0.252. The number of nitrogens with zero attached hydrogens (tertiary/aromatic N) is 1. The van der Waals surface area contributed by atoms with Crippen LogP contribution in [0.4, 0.5) is 5.69 Å². The van der Waals surface area contributed by atoms with Gasteiger partial charge in [0.15, 0.2) is 0 Å². The van der Waals surface area contributed by atoms with Gasteiger partial charge in [0.05, 0.1) is 17.7 Å². The number of rotatable bonds is 8. The number of methoxy groups -OCH3 is 1. The molecule has 2 N–H and O–H groups in total. The zero-order valence-corrected chi connectivity index (χ0v) is 16.6. The monoisotopic (exact) mass is 396 g/mol. The van der Waals surface area contributed by atoms with E-state index in [0.29, 0.717) is 30.9 Å². The SMILES string of the molecule is COc1ccc(N(CCCN)S(=O)(=O)c2ccccc2)c(-c2ccccc2)c1. The van der Waals surface area contributed by atoms with Crippen LogP contribution >= 0.6 is 0 Å². The lowest BCUT2D eigenvalue weighted by atomic mass is 10.0.